The van der Waals surface area contributed by atoms with Gasteiger partial charge in [0, 0.05) is 52.7 Å². The Morgan fingerprint density at radius 2 is 1.74 bits per heavy atom. The quantitative estimate of drug-likeness (QED) is 0.116. The lowest BCUT2D eigenvalue weighted by Gasteiger charge is -2.16. The highest BCUT2D eigenvalue weighted by atomic mass is 32.2. The van der Waals surface area contributed by atoms with Gasteiger partial charge in [-0.2, -0.15) is 11.8 Å². The fourth-order valence-electron chi connectivity index (χ4n) is 4.92. The van der Waals surface area contributed by atoms with Crippen LogP contribution in [0, 0.1) is 0 Å². The number of hydrogen-bond donors (Lipinski definition) is 6. The molecule has 2 aliphatic rings. The third-order valence-electron chi connectivity index (χ3n) is 6.65. The molecule has 35 heavy (non-hydrogen) atoms. The second kappa shape index (κ2) is 10.1. The Kier molecular flexibility index (Phi) is 6.72. The van der Waals surface area contributed by atoms with Crippen LogP contribution in [0.5, 0.6) is 0 Å². The lowest BCUT2D eigenvalue weighted by Crippen LogP contribution is -2.36. The number of carbonyl (C=O) groups excluding carboxylic acids is 2. The molecule has 8 N–H and O–H groups in total. The lowest BCUT2D eigenvalue weighted by molar-refractivity contribution is -0.121. The summed E-state index contributed by atoms with van der Waals surface area (Å²) in [6.07, 6.45) is 3.34. The van der Waals surface area contributed by atoms with Crippen LogP contribution < -0.4 is 32.7 Å². The first-order valence-electron chi connectivity index (χ1n) is 12.1. The number of nitrogens with two attached hydrogens (primary N) is 2. The minimum Gasteiger partial charge on any atom is -0.399 e. The van der Waals surface area contributed by atoms with Crippen LogP contribution in [0.15, 0.2) is 36.4 Å². The number of aromatic nitrogens is 1. The predicted octanol–water partition coefficient (Wildman–Crippen LogP) is 2.81. The molecule has 3 aromatic rings. The molecule has 1 aromatic heterocycles. The van der Waals surface area contributed by atoms with E-state index in [0.29, 0.717) is 36.1 Å². The molecule has 0 spiro atoms. The molecule has 9 nitrogen and oxygen atoms in total. The van der Waals surface area contributed by atoms with E-state index in [-0.39, 0.29) is 24.0 Å². The number of fused-ring (bicyclic) bond motifs is 3. The predicted molar refractivity (Wildman–Crippen MR) is 144 cm³/mol. The zero-order valence-electron chi connectivity index (χ0n) is 19.5. The molecule has 0 saturated carbocycles. The summed E-state index contributed by atoms with van der Waals surface area (Å²) < 4.78 is 0. The van der Waals surface area contributed by atoms with Gasteiger partial charge >= 0.3 is 6.03 Å². The molecular formula is C25H31N7O2S. The molecule has 3 atom stereocenters. The van der Waals surface area contributed by atoms with E-state index in [9.17, 15) is 9.59 Å². The van der Waals surface area contributed by atoms with E-state index >= 15 is 0 Å². The van der Waals surface area contributed by atoms with Crippen LogP contribution in [0.2, 0.25) is 0 Å². The van der Waals surface area contributed by atoms with Gasteiger partial charge in [0.15, 0.2) is 0 Å². The summed E-state index contributed by atoms with van der Waals surface area (Å²) in [7, 11) is 0. The maximum absolute atomic E-state index is 12.3. The van der Waals surface area contributed by atoms with E-state index in [1.54, 1.807) is 0 Å². The van der Waals surface area contributed by atoms with Gasteiger partial charge in [-0.1, -0.05) is 6.42 Å². The van der Waals surface area contributed by atoms with Crippen LogP contribution >= 0.6 is 11.8 Å². The van der Waals surface area contributed by atoms with Crippen molar-refractivity contribution in [1.82, 2.24) is 20.9 Å². The van der Waals surface area contributed by atoms with E-state index in [1.807, 2.05) is 48.2 Å². The van der Waals surface area contributed by atoms with Gasteiger partial charge in [-0.25, -0.2) is 9.78 Å². The molecule has 0 unspecified atom stereocenters. The van der Waals surface area contributed by atoms with Gasteiger partial charge in [-0.15, -0.1) is 0 Å². The van der Waals surface area contributed by atoms with Crippen LogP contribution in [0.4, 0.5) is 21.9 Å². The first-order valence-corrected chi connectivity index (χ1v) is 13.1. The molecule has 0 radical (unpaired) electrons. The van der Waals surface area contributed by atoms with E-state index in [1.165, 1.54) is 0 Å². The van der Waals surface area contributed by atoms with Crippen LogP contribution in [0.25, 0.3) is 21.8 Å². The highest BCUT2D eigenvalue weighted by Gasteiger charge is 2.42. The molecule has 3 heterocycles. The molecule has 2 saturated heterocycles. The first-order chi connectivity index (χ1) is 17.0. The van der Waals surface area contributed by atoms with E-state index < -0.39 is 0 Å². The summed E-state index contributed by atoms with van der Waals surface area (Å²) in [5.41, 5.74) is 15.8. The summed E-state index contributed by atoms with van der Waals surface area (Å²) in [5, 5.41) is 14.8. The number of nitrogens with zero attached hydrogens (tertiary/aromatic N) is 1. The standard InChI is InChI=1S/C25H31N7O2S/c26-14-5-7-16-18(11-14)30-19-12-15(27)6-8-17(19)23(16)29-10-9-28-22(33)4-2-1-3-21-24-20(13-35-21)31-25(34)32-24/h5-8,11-12,20-21,24H,1-4,9-10,13,26-27H2,(H,28,33)(H,29,30)(H2,31,32,34)/t20-,21-,24+/m1/s1. The van der Waals surface area contributed by atoms with Gasteiger partial charge in [0.2, 0.25) is 5.91 Å². The number of hydrogen-bond acceptors (Lipinski definition) is 7. The van der Waals surface area contributed by atoms with Crippen molar-refractivity contribution in [2.45, 2.75) is 43.0 Å². The molecule has 5 rings (SSSR count). The number of thioether (sulfide) groups is 1. The van der Waals surface area contributed by atoms with Crippen molar-refractivity contribution >= 4 is 62.6 Å². The van der Waals surface area contributed by atoms with E-state index in [0.717, 1.165) is 52.5 Å². The summed E-state index contributed by atoms with van der Waals surface area (Å²) in [6, 6.07) is 11.8. The average molecular weight is 494 g/mol. The summed E-state index contributed by atoms with van der Waals surface area (Å²) in [6.45, 7) is 1.11. The SMILES string of the molecule is Nc1ccc2c(NCCNC(=O)CCCC[C@H]3SC[C@H]4NC(=O)N[C@@H]43)c3ccc(N)cc3nc2c1. The van der Waals surface area contributed by atoms with Crippen molar-refractivity contribution in [2.24, 2.45) is 0 Å². The van der Waals surface area contributed by atoms with Crippen molar-refractivity contribution in [3.05, 3.63) is 36.4 Å². The van der Waals surface area contributed by atoms with Crippen molar-refractivity contribution in [3.8, 4) is 0 Å². The number of carbonyl (C=O) groups is 2. The molecular weight excluding hydrogens is 462 g/mol. The van der Waals surface area contributed by atoms with Gasteiger partial charge in [0.1, 0.15) is 0 Å². The minimum atomic E-state index is -0.0562. The Bertz CT molecular complexity index is 1210. The maximum Gasteiger partial charge on any atom is 0.315 e. The molecule has 0 bridgehead atoms. The number of nitrogens with one attached hydrogen (secondary N) is 4. The van der Waals surface area contributed by atoms with E-state index in [4.69, 9.17) is 16.5 Å². The number of rotatable bonds is 9. The number of nitrogen functional groups attached to an aromatic ring is 2. The second-order valence-electron chi connectivity index (χ2n) is 9.18. The van der Waals surface area contributed by atoms with Crippen LogP contribution in [0.3, 0.4) is 0 Å². The second-order valence-corrected chi connectivity index (χ2v) is 10.5. The Morgan fingerprint density at radius 3 is 2.46 bits per heavy atom. The first kappa shape index (κ1) is 23.3. The molecule has 0 aliphatic carbocycles. The monoisotopic (exact) mass is 493 g/mol. The Balaban J connectivity index is 1.10. The normalized spacial score (nSPS) is 21.0. The summed E-state index contributed by atoms with van der Waals surface area (Å²) in [4.78, 5) is 28.5. The van der Waals surface area contributed by atoms with Crippen molar-refractivity contribution < 1.29 is 9.59 Å². The molecule has 2 aliphatic heterocycles. The third kappa shape index (κ3) is 5.17. The van der Waals surface area contributed by atoms with Gasteiger partial charge in [0.25, 0.3) is 0 Å². The van der Waals surface area contributed by atoms with Crippen molar-refractivity contribution in [3.63, 3.8) is 0 Å². The number of anilines is 3. The minimum absolute atomic E-state index is 0.0562. The molecule has 2 fully saturated rings. The highest BCUT2D eigenvalue weighted by molar-refractivity contribution is 8.00. The number of benzene rings is 2. The van der Waals surface area contributed by atoms with E-state index in [2.05, 4.69) is 21.3 Å². The number of unbranched alkanes of at least 4 members (excludes halogenated alkanes) is 1. The van der Waals surface area contributed by atoms with Gasteiger partial charge in [0.05, 0.1) is 28.8 Å². The van der Waals surface area contributed by atoms with Crippen molar-refractivity contribution in [2.75, 3.05) is 35.6 Å². The topological polar surface area (TPSA) is 147 Å². The number of pyridine rings is 1. The molecule has 3 amide bonds. The third-order valence-corrected chi connectivity index (χ3v) is 8.16. The fraction of sp³-hybridized carbons (Fsp3) is 0.400. The molecule has 10 heteroatoms. The Labute approximate surface area is 208 Å². The van der Waals surface area contributed by atoms with Gasteiger partial charge in [-0.3, -0.25) is 4.79 Å². The molecule has 184 valence electrons. The summed E-state index contributed by atoms with van der Waals surface area (Å²) >= 11 is 1.91. The number of urea groups is 1. The Morgan fingerprint density at radius 1 is 1.03 bits per heavy atom. The van der Waals surface area contributed by atoms with Crippen LogP contribution in [-0.2, 0) is 4.79 Å². The zero-order chi connectivity index (χ0) is 24.4. The zero-order valence-corrected chi connectivity index (χ0v) is 20.3. The highest BCUT2D eigenvalue weighted by Crippen LogP contribution is 2.34. The summed E-state index contributed by atoms with van der Waals surface area (Å²) in [5.74, 6) is 1.02. The van der Waals surface area contributed by atoms with Gasteiger partial charge in [-0.05, 0) is 49.2 Å². The fourth-order valence-corrected chi connectivity index (χ4v) is 6.47. The van der Waals surface area contributed by atoms with Crippen molar-refractivity contribution in [1.29, 1.82) is 0 Å². The Hall–Kier alpha value is -3.40. The maximum atomic E-state index is 12.3. The lowest BCUT2D eigenvalue weighted by atomic mass is 10.0. The number of amides is 3. The van der Waals surface area contributed by atoms with Crippen LogP contribution in [0.1, 0.15) is 25.7 Å². The smallest absolute Gasteiger partial charge is 0.315 e. The largest absolute Gasteiger partial charge is 0.399 e. The van der Waals surface area contributed by atoms with Crippen LogP contribution in [-0.4, -0.2) is 53.1 Å². The molecule has 2 aromatic carbocycles. The average Bonchev–Trinajstić information content (AvgIpc) is 3.37. The van der Waals surface area contributed by atoms with Gasteiger partial charge < -0.3 is 32.7 Å².